The maximum absolute atomic E-state index is 12.6. The average Bonchev–Trinajstić information content (AvgIpc) is 2.67. The third kappa shape index (κ3) is 5.01. The van der Waals surface area contributed by atoms with Crippen molar-refractivity contribution in [3.8, 4) is 11.5 Å². The highest BCUT2D eigenvalue weighted by molar-refractivity contribution is 5.94. The molecule has 0 unspecified atom stereocenters. The second-order valence-electron chi connectivity index (χ2n) is 6.02. The van der Waals surface area contributed by atoms with Gasteiger partial charge in [0.2, 0.25) is 0 Å². The van der Waals surface area contributed by atoms with Crippen LogP contribution in [-0.4, -0.2) is 19.1 Å². The Balaban J connectivity index is 2.14. The van der Waals surface area contributed by atoms with Crippen molar-refractivity contribution < 1.29 is 14.3 Å². The Morgan fingerprint density at radius 2 is 1.58 bits per heavy atom. The summed E-state index contributed by atoms with van der Waals surface area (Å²) in [6.45, 7) is 9.70. The van der Waals surface area contributed by atoms with Crippen LogP contribution in [-0.2, 0) is 19.4 Å². The summed E-state index contributed by atoms with van der Waals surface area (Å²) in [4.78, 5) is 12.6. The van der Waals surface area contributed by atoms with E-state index in [0.717, 1.165) is 12.8 Å². The zero-order chi connectivity index (χ0) is 18.9. The first-order chi connectivity index (χ1) is 12.6. The maximum Gasteiger partial charge on any atom is 0.251 e. The van der Waals surface area contributed by atoms with Crippen molar-refractivity contribution in [2.24, 2.45) is 0 Å². The molecule has 0 aliphatic carbocycles. The van der Waals surface area contributed by atoms with Gasteiger partial charge in [0.15, 0.2) is 11.5 Å². The standard InChI is InChI=1S/C22H29NO3/c1-5-16-9-10-17(6-2)19(13-16)15-23-22(24)18-11-12-20(25-7-3)21(14-18)26-8-4/h9-14H,5-8,15H2,1-4H3,(H,23,24). The van der Waals surface area contributed by atoms with Gasteiger partial charge in [0.1, 0.15) is 0 Å². The van der Waals surface area contributed by atoms with Gasteiger partial charge in [-0.15, -0.1) is 0 Å². The van der Waals surface area contributed by atoms with E-state index in [9.17, 15) is 4.79 Å². The van der Waals surface area contributed by atoms with Crippen LogP contribution in [0.2, 0.25) is 0 Å². The maximum atomic E-state index is 12.6. The topological polar surface area (TPSA) is 47.6 Å². The van der Waals surface area contributed by atoms with Crippen LogP contribution in [0, 0.1) is 0 Å². The largest absolute Gasteiger partial charge is 0.490 e. The van der Waals surface area contributed by atoms with Crippen LogP contribution >= 0.6 is 0 Å². The number of nitrogens with one attached hydrogen (secondary N) is 1. The summed E-state index contributed by atoms with van der Waals surface area (Å²) in [6.07, 6.45) is 1.94. The van der Waals surface area contributed by atoms with Crippen LogP contribution in [0.4, 0.5) is 0 Å². The molecule has 0 saturated carbocycles. The molecule has 0 bridgehead atoms. The molecule has 0 heterocycles. The van der Waals surface area contributed by atoms with E-state index in [-0.39, 0.29) is 5.91 Å². The lowest BCUT2D eigenvalue weighted by atomic mass is 10.0. The summed E-state index contributed by atoms with van der Waals surface area (Å²) in [5.41, 5.74) is 4.30. The molecule has 0 fully saturated rings. The van der Waals surface area contributed by atoms with Crippen molar-refractivity contribution in [2.45, 2.75) is 47.1 Å². The number of hydrogen-bond acceptors (Lipinski definition) is 3. The van der Waals surface area contributed by atoms with Gasteiger partial charge in [-0.05, 0) is 61.6 Å². The predicted octanol–water partition coefficient (Wildman–Crippen LogP) is 4.54. The lowest BCUT2D eigenvalue weighted by molar-refractivity contribution is 0.0950. The van der Waals surface area contributed by atoms with Gasteiger partial charge in [0, 0.05) is 12.1 Å². The van der Waals surface area contributed by atoms with E-state index < -0.39 is 0 Å². The molecule has 0 spiro atoms. The van der Waals surface area contributed by atoms with E-state index in [4.69, 9.17) is 9.47 Å². The summed E-state index contributed by atoms with van der Waals surface area (Å²) < 4.78 is 11.2. The number of aryl methyl sites for hydroxylation is 2. The fourth-order valence-corrected chi connectivity index (χ4v) is 2.88. The van der Waals surface area contributed by atoms with Gasteiger partial charge >= 0.3 is 0 Å². The van der Waals surface area contributed by atoms with Gasteiger partial charge in [0.05, 0.1) is 13.2 Å². The van der Waals surface area contributed by atoms with Gasteiger partial charge in [0.25, 0.3) is 5.91 Å². The molecule has 2 aromatic carbocycles. The van der Waals surface area contributed by atoms with Gasteiger partial charge in [-0.25, -0.2) is 0 Å². The Kier molecular flexibility index (Phi) is 7.52. The number of benzene rings is 2. The molecule has 0 atom stereocenters. The lowest BCUT2D eigenvalue weighted by Crippen LogP contribution is -2.23. The van der Waals surface area contributed by atoms with Crippen molar-refractivity contribution >= 4 is 5.91 Å². The summed E-state index contributed by atoms with van der Waals surface area (Å²) in [6, 6.07) is 11.8. The van der Waals surface area contributed by atoms with Gasteiger partial charge in [-0.1, -0.05) is 32.0 Å². The fraction of sp³-hybridized carbons (Fsp3) is 0.409. The molecule has 1 amide bonds. The summed E-state index contributed by atoms with van der Waals surface area (Å²) in [5, 5.41) is 3.03. The second kappa shape index (κ2) is 9.85. The molecular formula is C22H29NO3. The molecule has 0 radical (unpaired) electrons. The molecule has 4 heteroatoms. The van der Waals surface area contributed by atoms with Crippen molar-refractivity contribution in [1.29, 1.82) is 0 Å². The highest BCUT2D eigenvalue weighted by Crippen LogP contribution is 2.28. The number of carbonyl (C=O) groups is 1. The summed E-state index contributed by atoms with van der Waals surface area (Å²) >= 11 is 0. The minimum atomic E-state index is -0.113. The number of ether oxygens (including phenoxy) is 2. The highest BCUT2D eigenvalue weighted by Gasteiger charge is 2.12. The second-order valence-corrected chi connectivity index (χ2v) is 6.02. The Hall–Kier alpha value is -2.49. The first-order valence-electron chi connectivity index (χ1n) is 9.41. The van der Waals surface area contributed by atoms with Crippen molar-refractivity contribution in [3.63, 3.8) is 0 Å². The van der Waals surface area contributed by atoms with E-state index in [0.29, 0.717) is 36.8 Å². The van der Waals surface area contributed by atoms with Crippen LogP contribution in [0.25, 0.3) is 0 Å². The van der Waals surface area contributed by atoms with E-state index in [2.05, 4.69) is 37.4 Å². The van der Waals surface area contributed by atoms with Crippen molar-refractivity contribution in [3.05, 3.63) is 58.7 Å². The number of hydrogen-bond donors (Lipinski definition) is 1. The Morgan fingerprint density at radius 3 is 2.23 bits per heavy atom. The SMILES string of the molecule is CCOc1ccc(C(=O)NCc2cc(CC)ccc2CC)cc1OCC. The molecule has 0 aliphatic heterocycles. The van der Waals surface area contributed by atoms with E-state index >= 15 is 0 Å². The summed E-state index contributed by atoms with van der Waals surface area (Å²) in [5.74, 6) is 1.15. The third-order valence-electron chi connectivity index (χ3n) is 4.30. The minimum Gasteiger partial charge on any atom is -0.490 e. The Bertz CT molecular complexity index is 740. The third-order valence-corrected chi connectivity index (χ3v) is 4.30. The minimum absolute atomic E-state index is 0.113. The van der Waals surface area contributed by atoms with Gasteiger partial charge in [-0.2, -0.15) is 0 Å². The van der Waals surface area contributed by atoms with Crippen LogP contribution in [0.15, 0.2) is 36.4 Å². The van der Waals surface area contributed by atoms with E-state index in [1.807, 2.05) is 13.8 Å². The predicted molar refractivity (Wildman–Crippen MR) is 105 cm³/mol. The molecule has 4 nitrogen and oxygen atoms in total. The first-order valence-corrected chi connectivity index (χ1v) is 9.41. The average molecular weight is 355 g/mol. The molecule has 2 aromatic rings. The lowest BCUT2D eigenvalue weighted by Gasteiger charge is -2.14. The molecular weight excluding hydrogens is 326 g/mol. The summed E-state index contributed by atoms with van der Waals surface area (Å²) in [7, 11) is 0. The Labute approximate surface area is 156 Å². The number of carbonyl (C=O) groups excluding carboxylic acids is 1. The fourth-order valence-electron chi connectivity index (χ4n) is 2.88. The highest BCUT2D eigenvalue weighted by atomic mass is 16.5. The monoisotopic (exact) mass is 355 g/mol. The zero-order valence-corrected chi connectivity index (χ0v) is 16.2. The molecule has 1 N–H and O–H groups in total. The van der Waals surface area contributed by atoms with Gasteiger partial charge in [-0.3, -0.25) is 4.79 Å². The molecule has 0 aliphatic rings. The van der Waals surface area contributed by atoms with E-state index in [1.54, 1.807) is 18.2 Å². The van der Waals surface area contributed by atoms with Crippen molar-refractivity contribution in [2.75, 3.05) is 13.2 Å². The quantitative estimate of drug-likeness (QED) is 0.718. The molecule has 2 rings (SSSR count). The van der Waals surface area contributed by atoms with Crippen molar-refractivity contribution in [1.82, 2.24) is 5.32 Å². The normalized spacial score (nSPS) is 10.5. The van der Waals surface area contributed by atoms with E-state index in [1.165, 1.54) is 16.7 Å². The molecule has 0 aromatic heterocycles. The van der Waals surface area contributed by atoms with Crippen LogP contribution in [0.3, 0.4) is 0 Å². The van der Waals surface area contributed by atoms with Crippen LogP contribution in [0.5, 0.6) is 11.5 Å². The van der Waals surface area contributed by atoms with Crippen LogP contribution < -0.4 is 14.8 Å². The number of amides is 1. The smallest absolute Gasteiger partial charge is 0.251 e. The first kappa shape index (κ1) is 19.8. The molecule has 0 saturated heterocycles. The molecule has 140 valence electrons. The van der Waals surface area contributed by atoms with Gasteiger partial charge < -0.3 is 14.8 Å². The number of rotatable bonds is 9. The Morgan fingerprint density at radius 1 is 0.846 bits per heavy atom. The molecule has 26 heavy (non-hydrogen) atoms. The van der Waals surface area contributed by atoms with Crippen LogP contribution in [0.1, 0.15) is 54.7 Å². The zero-order valence-electron chi connectivity index (χ0n) is 16.2.